The summed E-state index contributed by atoms with van der Waals surface area (Å²) in [5.74, 6) is 0.667. The van der Waals surface area contributed by atoms with Crippen LogP contribution in [0.15, 0.2) is 6.07 Å². The van der Waals surface area contributed by atoms with E-state index in [9.17, 15) is 10.4 Å². The maximum atomic E-state index is 11.1. The van der Waals surface area contributed by atoms with Gasteiger partial charge in [0.2, 0.25) is 0 Å². The largest absolute Gasteiger partial charge is 0.384 e. The van der Waals surface area contributed by atoms with Gasteiger partial charge >= 0.3 is 0 Å². The molecular weight excluding hydrogens is 304 g/mol. The Bertz CT molecular complexity index is 637. The summed E-state index contributed by atoms with van der Waals surface area (Å²) in [6.07, 6.45) is 2.38. The van der Waals surface area contributed by atoms with Crippen molar-refractivity contribution in [1.82, 2.24) is 9.88 Å². The van der Waals surface area contributed by atoms with Crippen molar-refractivity contribution in [3.8, 4) is 6.07 Å². The maximum Gasteiger partial charge on any atom is 0.147 e. The Morgan fingerprint density at radius 2 is 2.08 bits per heavy atom. The van der Waals surface area contributed by atoms with Crippen LogP contribution in [0.3, 0.4) is 0 Å². The molecule has 1 atom stereocenters. The van der Waals surface area contributed by atoms with E-state index < -0.39 is 5.60 Å². The van der Waals surface area contributed by atoms with Crippen LogP contribution in [-0.4, -0.2) is 66.5 Å². The Morgan fingerprint density at radius 3 is 2.79 bits per heavy atom. The number of rotatable bonds is 3. The summed E-state index contributed by atoms with van der Waals surface area (Å²) >= 11 is 0. The second-order valence-electron chi connectivity index (χ2n) is 7.07. The zero-order valence-electron chi connectivity index (χ0n) is 14.6. The average molecular weight is 330 g/mol. The molecule has 2 aliphatic rings. The number of likely N-dealkylation sites (tertiary alicyclic amines) is 1. The van der Waals surface area contributed by atoms with Crippen LogP contribution in [0.5, 0.6) is 0 Å². The van der Waals surface area contributed by atoms with Crippen LogP contribution in [-0.2, 0) is 4.74 Å². The van der Waals surface area contributed by atoms with E-state index in [1.165, 1.54) is 12.8 Å². The van der Waals surface area contributed by atoms with Gasteiger partial charge in [0.1, 0.15) is 17.5 Å². The molecule has 6 heteroatoms. The fraction of sp³-hybridized carbons (Fsp3) is 0.667. The lowest BCUT2D eigenvalue weighted by Gasteiger charge is -2.34. The normalized spacial score (nSPS) is 25.5. The first-order chi connectivity index (χ1) is 11.5. The van der Waals surface area contributed by atoms with E-state index >= 15 is 0 Å². The smallest absolute Gasteiger partial charge is 0.147 e. The van der Waals surface area contributed by atoms with Gasteiger partial charge in [-0.1, -0.05) is 0 Å². The number of aryl methyl sites for hydroxylation is 2. The van der Waals surface area contributed by atoms with E-state index in [2.05, 4.69) is 16.0 Å². The number of aromatic nitrogens is 1. The summed E-state index contributed by atoms with van der Waals surface area (Å²) in [6, 6.07) is 4.20. The van der Waals surface area contributed by atoms with Crippen LogP contribution in [0.1, 0.15) is 29.7 Å². The van der Waals surface area contributed by atoms with Crippen LogP contribution in [0.2, 0.25) is 0 Å². The van der Waals surface area contributed by atoms with E-state index in [-0.39, 0.29) is 0 Å². The first-order valence-electron chi connectivity index (χ1n) is 8.66. The molecule has 1 unspecified atom stereocenters. The van der Waals surface area contributed by atoms with Crippen molar-refractivity contribution in [3.05, 3.63) is 22.9 Å². The predicted molar refractivity (Wildman–Crippen MR) is 92.1 cm³/mol. The van der Waals surface area contributed by atoms with Crippen molar-refractivity contribution in [2.75, 3.05) is 50.8 Å². The number of nitriles is 1. The van der Waals surface area contributed by atoms with Gasteiger partial charge < -0.3 is 19.6 Å². The first kappa shape index (κ1) is 17.2. The zero-order chi connectivity index (χ0) is 17.2. The third kappa shape index (κ3) is 3.69. The van der Waals surface area contributed by atoms with Crippen LogP contribution in [0.25, 0.3) is 0 Å². The number of pyridine rings is 1. The van der Waals surface area contributed by atoms with Crippen molar-refractivity contribution >= 4 is 5.82 Å². The summed E-state index contributed by atoms with van der Waals surface area (Å²) in [4.78, 5) is 8.90. The third-order valence-corrected chi connectivity index (χ3v) is 4.81. The van der Waals surface area contributed by atoms with Gasteiger partial charge in [-0.15, -0.1) is 0 Å². The average Bonchev–Trinajstić information content (AvgIpc) is 2.94. The SMILES string of the molecule is Cc1cc(C)c(C#N)c(N2CCOCC(O)(CN3CCCC3)C2)n1. The number of aliphatic hydroxyl groups is 1. The van der Waals surface area contributed by atoms with Crippen molar-refractivity contribution in [3.63, 3.8) is 0 Å². The minimum absolute atomic E-state index is 0.326. The highest BCUT2D eigenvalue weighted by Gasteiger charge is 2.36. The number of β-amino-alcohol motifs (C(OH)–C–C–N with tert-alkyl or cyclic N) is 1. The zero-order valence-corrected chi connectivity index (χ0v) is 14.6. The highest BCUT2D eigenvalue weighted by Crippen LogP contribution is 2.26. The van der Waals surface area contributed by atoms with Crippen LogP contribution in [0, 0.1) is 25.2 Å². The van der Waals surface area contributed by atoms with Gasteiger partial charge in [0.25, 0.3) is 0 Å². The molecule has 0 aliphatic carbocycles. The number of hydrogen-bond donors (Lipinski definition) is 1. The fourth-order valence-electron chi connectivity index (χ4n) is 3.73. The number of hydrogen-bond acceptors (Lipinski definition) is 6. The fourth-order valence-corrected chi connectivity index (χ4v) is 3.73. The standard InChI is InChI=1S/C18H26N4O2/c1-14-9-15(2)20-17(16(14)10-19)22-7-8-24-13-18(23,12-22)11-21-5-3-4-6-21/h9,23H,3-8,11-13H2,1-2H3. The van der Waals surface area contributed by atoms with Crippen LogP contribution in [0.4, 0.5) is 5.82 Å². The molecule has 0 amide bonds. The van der Waals surface area contributed by atoms with Gasteiger partial charge in [0, 0.05) is 18.8 Å². The third-order valence-electron chi connectivity index (χ3n) is 4.81. The molecule has 2 aliphatic heterocycles. The molecule has 3 heterocycles. The molecule has 1 aromatic heterocycles. The Balaban J connectivity index is 1.86. The lowest BCUT2D eigenvalue weighted by atomic mass is 10.0. The van der Waals surface area contributed by atoms with Gasteiger partial charge in [0.15, 0.2) is 0 Å². The molecule has 2 saturated heterocycles. The summed E-state index contributed by atoms with van der Waals surface area (Å²) in [5, 5.41) is 20.7. The lowest BCUT2D eigenvalue weighted by Crippen LogP contribution is -2.52. The molecule has 0 spiro atoms. The topological polar surface area (TPSA) is 72.6 Å². The van der Waals surface area contributed by atoms with Gasteiger partial charge in [-0.05, 0) is 51.4 Å². The molecule has 0 radical (unpaired) electrons. The Kier molecular flexibility index (Phi) is 5.04. The molecule has 24 heavy (non-hydrogen) atoms. The Labute approximate surface area is 143 Å². The minimum atomic E-state index is -0.938. The first-order valence-corrected chi connectivity index (χ1v) is 8.66. The van der Waals surface area contributed by atoms with Gasteiger partial charge in [0.05, 0.1) is 25.3 Å². The molecule has 2 fully saturated rings. The van der Waals surface area contributed by atoms with Gasteiger partial charge in [-0.25, -0.2) is 4.98 Å². The van der Waals surface area contributed by atoms with E-state index in [1.807, 2.05) is 24.8 Å². The van der Waals surface area contributed by atoms with Crippen LogP contribution < -0.4 is 4.90 Å². The lowest BCUT2D eigenvalue weighted by molar-refractivity contribution is -0.0439. The monoisotopic (exact) mass is 330 g/mol. The summed E-state index contributed by atoms with van der Waals surface area (Å²) in [6.45, 7) is 8.47. The van der Waals surface area contributed by atoms with Gasteiger partial charge in [-0.2, -0.15) is 5.26 Å². The molecule has 6 nitrogen and oxygen atoms in total. The highest BCUT2D eigenvalue weighted by molar-refractivity contribution is 5.58. The van der Waals surface area contributed by atoms with E-state index in [4.69, 9.17) is 4.74 Å². The quantitative estimate of drug-likeness (QED) is 0.899. The molecule has 0 aromatic carbocycles. The molecular formula is C18H26N4O2. The summed E-state index contributed by atoms with van der Waals surface area (Å²) < 4.78 is 5.68. The summed E-state index contributed by atoms with van der Waals surface area (Å²) in [5.41, 5.74) is 1.46. The second-order valence-corrected chi connectivity index (χ2v) is 7.07. The molecule has 1 aromatic rings. The van der Waals surface area contributed by atoms with Crippen molar-refractivity contribution in [2.45, 2.75) is 32.3 Å². The van der Waals surface area contributed by atoms with E-state index in [1.54, 1.807) is 0 Å². The van der Waals surface area contributed by atoms with Crippen LogP contribution >= 0.6 is 0 Å². The predicted octanol–water partition coefficient (Wildman–Crippen LogP) is 1.23. The van der Waals surface area contributed by atoms with Crippen molar-refractivity contribution in [2.24, 2.45) is 0 Å². The number of anilines is 1. The maximum absolute atomic E-state index is 11.1. The Hall–Kier alpha value is -1.68. The van der Waals surface area contributed by atoms with Crippen molar-refractivity contribution < 1.29 is 9.84 Å². The Morgan fingerprint density at radius 1 is 1.33 bits per heavy atom. The van der Waals surface area contributed by atoms with Gasteiger partial charge in [-0.3, -0.25) is 0 Å². The second kappa shape index (κ2) is 7.06. The molecule has 1 N–H and O–H groups in total. The number of ether oxygens (including phenoxy) is 1. The molecule has 130 valence electrons. The number of nitrogens with zero attached hydrogens (tertiary/aromatic N) is 4. The van der Waals surface area contributed by atoms with E-state index in [0.717, 1.165) is 24.3 Å². The summed E-state index contributed by atoms with van der Waals surface area (Å²) in [7, 11) is 0. The molecule has 0 saturated carbocycles. The highest BCUT2D eigenvalue weighted by atomic mass is 16.5. The van der Waals surface area contributed by atoms with Crippen molar-refractivity contribution in [1.29, 1.82) is 5.26 Å². The minimum Gasteiger partial charge on any atom is -0.384 e. The van der Waals surface area contributed by atoms with E-state index in [0.29, 0.717) is 44.2 Å². The molecule has 0 bridgehead atoms. The molecule has 3 rings (SSSR count).